The van der Waals surface area contributed by atoms with Crippen LogP contribution >= 0.6 is 11.6 Å². The summed E-state index contributed by atoms with van der Waals surface area (Å²) in [5.41, 5.74) is 0.825. The number of carbonyl (C=O) groups excluding carboxylic acids is 1. The first-order chi connectivity index (χ1) is 8.85. The van der Waals surface area contributed by atoms with Crippen LogP contribution in [0.3, 0.4) is 0 Å². The fourth-order valence-electron chi connectivity index (χ4n) is 2.31. The molecule has 2 amide bonds. The summed E-state index contributed by atoms with van der Waals surface area (Å²) in [6.07, 6.45) is 0.812. The number of anilines is 1. The van der Waals surface area contributed by atoms with E-state index in [1.54, 1.807) is 24.3 Å². The maximum atomic E-state index is 11.9. The molecule has 1 saturated heterocycles. The van der Waals surface area contributed by atoms with E-state index in [0.717, 1.165) is 18.8 Å². The van der Waals surface area contributed by atoms with Gasteiger partial charge in [-0.2, -0.15) is 4.99 Å². The standard InChI is InChI=1S/C14H18ClN3O/c1-14(2)8-12(18(3)9-14)17-13(19)16-11-6-4-5-10(15)7-11/h4-7H,8-9H2,1-3H3,(H,16,19). The summed E-state index contributed by atoms with van der Waals surface area (Å²) in [6, 6.07) is 6.67. The van der Waals surface area contributed by atoms with Crippen LogP contribution in [0.2, 0.25) is 5.02 Å². The number of carbonyl (C=O) groups is 1. The van der Waals surface area contributed by atoms with Gasteiger partial charge >= 0.3 is 6.03 Å². The van der Waals surface area contributed by atoms with Crippen molar-refractivity contribution in [3.05, 3.63) is 29.3 Å². The van der Waals surface area contributed by atoms with Gasteiger partial charge in [0.05, 0.1) is 0 Å². The number of likely N-dealkylation sites (tertiary alicyclic amines) is 1. The molecule has 0 unspecified atom stereocenters. The smallest absolute Gasteiger partial charge is 0.347 e. The minimum atomic E-state index is -0.359. The maximum absolute atomic E-state index is 11.9. The van der Waals surface area contributed by atoms with Crippen LogP contribution in [-0.4, -0.2) is 30.4 Å². The van der Waals surface area contributed by atoms with Gasteiger partial charge in [-0.05, 0) is 23.6 Å². The molecule has 1 N–H and O–H groups in total. The quantitative estimate of drug-likeness (QED) is 0.853. The molecule has 1 aliphatic rings. The molecule has 0 bridgehead atoms. The average molecular weight is 280 g/mol. The second kappa shape index (κ2) is 5.21. The van der Waals surface area contributed by atoms with Gasteiger partial charge in [0.1, 0.15) is 5.84 Å². The van der Waals surface area contributed by atoms with Crippen LogP contribution in [-0.2, 0) is 0 Å². The van der Waals surface area contributed by atoms with Crippen molar-refractivity contribution in [2.75, 3.05) is 18.9 Å². The predicted molar refractivity (Wildman–Crippen MR) is 78.9 cm³/mol. The van der Waals surface area contributed by atoms with Gasteiger partial charge in [-0.3, -0.25) is 0 Å². The van der Waals surface area contributed by atoms with Gasteiger partial charge < -0.3 is 10.2 Å². The Kier molecular flexibility index (Phi) is 3.80. The van der Waals surface area contributed by atoms with Crippen LogP contribution in [0.1, 0.15) is 20.3 Å². The van der Waals surface area contributed by atoms with Crippen molar-refractivity contribution in [2.24, 2.45) is 10.4 Å². The van der Waals surface area contributed by atoms with Crippen molar-refractivity contribution in [1.82, 2.24) is 4.90 Å². The van der Waals surface area contributed by atoms with Crippen molar-refractivity contribution < 1.29 is 4.79 Å². The first kappa shape index (κ1) is 13.9. The fourth-order valence-corrected chi connectivity index (χ4v) is 2.50. The largest absolute Gasteiger partial charge is 0.362 e. The summed E-state index contributed by atoms with van der Waals surface area (Å²) < 4.78 is 0. The summed E-state index contributed by atoms with van der Waals surface area (Å²) >= 11 is 5.86. The highest BCUT2D eigenvalue weighted by Crippen LogP contribution is 2.29. The summed E-state index contributed by atoms with van der Waals surface area (Å²) in [6.45, 7) is 5.25. The van der Waals surface area contributed by atoms with E-state index in [9.17, 15) is 4.79 Å². The summed E-state index contributed by atoms with van der Waals surface area (Å²) in [4.78, 5) is 18.0. The zero-order chi connectivity index (χ0) is 14.0. The van der Waals surface area contributed by atoms with E-state index in [1.807, 2.05) is 11.9 Å². The van der Waals surface area contributed by atoms with Gasteiger partial charge in [-0.15, -0.1) is 0 Å². The summed E-state index contributed by atoms with van der Waals surface area (Å²) in [5, 5.41) is 3.31. The molecular weight excluding hydrogens is 262 g/mol. The number of urea groups is 1. The summed E-state index contributed by atoms with van der Waals surface area (Å²) in [7, 11) is 1.96. The van der Waals surface area contributed by atoms with E-state index < -0.39 is 0 Å². The Morgan fingerprint density at radius 3 is 2.79 bits per heavy atom. The molecule has 2 rings (SSSR count). The molecule has 0 atom stereocenters. The number of nitrogens with one attached hydrogen (secondary N) is 1. The Balaban J connectivity index is 2.06. The lowest BCUT2D eigenvalue weighted by Gasteiger charge is -2.15. The molecule has 1 aromatic carbocycles. The van der Waals surface area contributed by atoms with Crippen molar-refractivity contribution >= 4 is 29.2 Å². The molecule has 1 heterocycles. The van der Waals surface area contributed by atoms with Crippen LogP contribution < -0.4 is 5.32 Å². The van der Waals surface area contributed by atoms with Gasteiger partial charge in [-0.1, -0.05) is 31.5 Å². The molecule has 19 heavy (non-hydrogen) atoms. The summed E-state index contributed by atoms with van der Waals surface area (Å²) in [5.74, 6) is 0.824. The van der Waals surface area contributed by atoms with Crippen LogP contribution in [0.15, 0.2) is 29.3 Å². The highest BCUT2D eigenvalue weighted by atomic mass is 35.5. The van der Waals surface area contributed by atoms with Gasteiger partial charge in [0.2, 0.25) is 0 Å². The monoisotopic (exact) mass is 279 g/mol. The minimum absolute atomic E-state index is 0.171. The molecule has 4 nitrogen and oxygen atoms in total. The number of amidine groups is 1. The third kappa shape index (κ3) is 3.70. The Bertz CT molecular complexity index is 525. The molecule has 102 valence electrons. The van der Waals surface area contributed by atoms with Crippen LogP contribution in [0.5, 0.6) is 0 Å². The number of amides is 2. The van der Waals surface area contributed by atoms with Crippen LogP contribution in [0.25, 0.3) is 0 Å². The number of halogens is 1. The van der Waals surface area contributed by atoms with Crippen molar-refractivity contribution in [2.45, 2.75) is 20.3 Å². The SMILES string of the molecule is CN1CC(C)(C)CC1=NC(=O)Nc1cccc(Cl)c1. The molecule has 0 aliphatic carbocycles. The van der Waals surface area contributed by atoms with Crippen LogP contribution in [0, 0.1) is 5.41 Å². The molecule has 1 aliphatic heterocycles. The Hall–Kier alpha value is -1.55. The third-order valence-corrected chi connectivity index (χ3v) is 3.28. The lowest BCUT2D eigenvalue weighted by Crippen LogP contribution is -2.23. The number of hydrogen-bond donors (Lipinski definition) is 1. The zero-order valence-electron chi connectivity index (χ0n) is 11.4. The van der Waals surface area contributed by atoms with Gasteiger partial charge in [-0.25, -0.2) is 4.79 Å². The van der Waals surface area contributed by atoms with E-state index in [2.05, 4.69) is 24.2 Å². The normalized spacial score (nSPS) is 19.8. The second-order valence-corrected chi connectivity index (χ2v) is 6.10. The average Bonchev–Trinajstić information content (AvgIpc) is 2.51. The molecule has 1 aromatic rings. The third-order valence-electron chi connectivity index (χ3n) is 3.05. The molecule has 1 fully saturated rings. The number of hydrogen-bond acceptors (Lipinski definition) is 1. The van der Waals surface area contributed by atoms with Gasteiger partial charge in [0.15, 0.2) is 0 Å². The van der Waals surface area contributed by atoms with E-state index in [1.165, 1.54) is 0 Å². The topological polar surface area (TPSA) is 44.7 Å². The molecule has 5 heteroatoms. The molecule has 0 saturated carbocycles. The van der Waals surface area contributed by atoms with Crippen LogP contribution in [0.4, 0.5) is 10.5 Å². The van der Waals surface area contributed by atoms with Crippen molar-refractivity contribution in [3.63, 3.8) is 0 Å². The van der Waals surface area contributed by atoms with Crippen molar-refractivity contribution in [1.29, 1.82) is 0 Å². The van der Waals surface area contributed by atoms with E-state index in [4.69, 9.17) is 11.6 Å². The first-order valence-electron chi connectivity index (χ1n) is 6.21. The zero-order valence-corrected chi connectivity index (χ0v) is 12.2. The first-order valence-corrected chi connectivity index (χ1v) is 6.59. The number of aliphatic imine (C=N–C) groups is 1. The number of nitrogens with zero attached hydrogens (tertiary/aromatic N) is 2. The lowest BCUT2D eigenvalue weighted by molar-refractivity contribution is 0.259. The minimum Gasteiger partial charge on any atom is -0.362 e. The molecule has 0 aromatic heterocycles. The van der Waals surface area contributed by atoms with Crippen molar-refractivity contribution in [3.8, 4) is 0 Å². The maximum Gasteiger partial charge on any atom is 0.347 e. The van der Waals surface area contributed by atoms with E-state index in [-0.39, 0.29) is 11.4 Å². The van der Waals surface area contributed by atoms with Gasteiger partial charge in [0, 0.05) is 30.7 Å². The Morgan fingerprint density at radius 1 is 1.47 bits per heavy atom. The Labute approximate surface area is 118 Å². The van der Waals surface area contributed by atoms with Gasteiger partial charge in [0.25, 0.3) is 0 Å². The number of rotatable bonds is 1. The van der Waals surface area contributed by atoms with E-state index in [0.29, 0.717) is 10.7 Å². The lowest BCUT2D eigenvalue weighted by atomic mass is 9.93. The predicted octanol–water partition coefficient (Wildman–Crippen LogP) is 3.63. The fraction of sp³-hybridized carbons (Fsp3) is 0.429. The number of benzene rings is 1. The highest BCUT2D eigenvalue weighted by molar-refractivity contribution is 6.30. The molecular formula is C14H18ClN3O. The Morgan fingerprint density at radius 2 is 2.21 bits per heavy atom. The highest BCUT2D eigenvalue weighted by Gasteiger charge is 2.32. The molecule has 0 radical (unpaired) electrons. The second-order valence-electron chi connectivity index (χ2n) is 5.67. The molecule has 0 spiro atoms. The van der Waals surface area contributed by atoms with E-state index >= 15 is 0 Å².